The lowest BCUT2D eigenvalue weighted by Crippen LogP contribution is -2.11. The Hall–Kier alpha value is -2.14. The van der Waals surface area contributed by atoms with Crippen molar-refractivity contribution in [3.05, 3.63) is 48.2 Å². The van der Waals surface area contributed by atoms with Crippen LogP contribution in [0.25, 0.3) is 0 Å². The maximum absolute atomic E-state index is 5.75. The van der Waals surface area contributed by atoms with Gasteiger partial charge in [-0.25, -0.2) is 4.98 Å². The molecule has 0 aliphatic carbocycles. The highest BCUT2D eigenvalue weighted by atomic mass is 32.1. The van der Waals surface area contributed by atoms with Crippen molar-refractivity contribution in [3.63, 3.8) is 0 Å². The molecule has 2 rings (SSSR count). The van der Waals surface area contributed by atoms with Gasteiger partial charge in [0.25, 0.3) is 0 Å². The quantitative estimate of drug-likeness (QED) is 0.826. The summed E-state index contributed by atoms with van der Waals surface area (Å²) >= 11 is 4.90. The smallest absolute Gasteiger partial charge is 0.220 e. The Kier molecular flexibility index (Phi) is 4.90. The second-order valence-corrected chi connectivity index (χ2v) is 4.56. The molecule has 0 bridgehead atoms. The average Bonchev–Trinajstić information content (AvgIpc) is 2.46. The van der Waals surface area contributed by atoms with Crippen molar-refractivity contribution in [2.75, 3.05) is 6.61 Å². The Morgan fingerprint density at radius 1 is 1.15 bits per heavy atom. The van der Waals surface area contributed by atoms with Crippen LogP contribution in [0.3, 0.4) is 0 Å². The molecule has 0 unspecified atom stereocenters. The molecule has 2 N–H and O–H groups in total. The standard InChI is InChI=1S/C15H16N2O2S/c1-2-10-18-12-7-3-4-8-13(12)19-14-9-5-6-11(17-14)15(16)20/h3-9H,2,10H2,1H3,(H2,16,20). The highest BCUT2D eigenvalue weighted by molar-refractivity contribution is 7.80. The molecule has 0 radical (unpaired) electrons. The summed E-state index contributed by atoms with van der Waals surface area (Å²) in [5, 5.41) is 0. The predicted octanol–water partition coefficient (Wildman–Crippen LogP) is 3.30. The fraction of sp³-hybridized carbons (Fsp3) is 0.200. The number of nitrogens with two attached hydrogens (primary N) is 1. The van der Waals surface area contributed by atoms with Gasteiger partial charge in [0, 0.05) is 6.07 Å². The summed E-state index contributed by atoms with van der Waals surface area (Å²) in [6, 6.07) is 12.8. The molecule has 104 valence electrons. The number of ether oxygens (including phenoxy) is 2. The van der Waals surface area contributed by atoms with E-state index in [0.717, 1.165) is 6.42 Å². The molecule has 0 atom stereocenters. The summed E-state index contributed by atoms with van der Waals surface area (Å²) in [7, 11) is 0. The van der Waals surface area contributed by atoms with Crippen LogP contribution in [-0.4, -0.2) is 16.6 Å². The number of hydrogen-bond donors (Lipinski definition) is 1. The van der Waals surface area contributed by atoms with E-state index in [4.69, 9.17) is 27.4 Å². The normalized spacial score (nSPS) is 10.1. The van der Waals surface area contributed by atoms with Crippen LogP contribution in [0.1, 0.15) is 19.0 Å². The predicted molar refractivity (Wildman–Crippen MR) is 82.4 cm³/mol. The topological polar surface area (TPSA) is 57.4 Å². The molecule has 2 aromatic rings. The van der Waals surface area contributed by atoms with E-state index in [-0.39, 0.29) is 4.99 Å². The lowest BCUT2D eigenvalue weighted by atomic mass is 10.3. The van der Waals surface area contributed by atoms with Crippen LogP contribution in [-0.2, 0) is 0 Å². The van der Waals surface area contributed by atoms with Gasteiger partial charge in [-0.3, -0.25) is 0 Å². The first-order valence-corrected chi connectivity index (χ1v) is 6.78. The van der Waals surface area contributed by atoms with Crippen molar-refractivity contribution in [1.82, 2.24) is 4.98 Å². The first-order valence-electron chi connectivity index (χ1n) is 6.37. The monoisotopic (exact) mass is 288 g/mol. The van der Waals surface area contributed by atoms with E-state index in [1.807, 2.05) is 24.3 Å². The van der Waals surface area contributed by atoms with Crippen molar-refractivity contribution < 1.29 is 9.47 Å². The summed E-state index contributed by atoms with van der Waals surface area (Å²) in [5.41, 5.74) is 6.09. The second kappa shape index (κ2) is 6.86. The van der Waals surface area contributed by atoms with Crippen molar-refractivity contribution in [1.29, 1.82) is 0 Å². The number of benzene rings is 1. The molecule has 20 heavy (non-hydrogen) atoms. The van der Waals surface area contributed by atoms with E-state index in [2.05, 4.69) is 11.9 Å². The Bertz CT molecular complexity index is 602. The van der Waals surface area contributed by atoms with Gasteiger partial charge in [-0.15, -0.1) is 0 Å². The van der Waals surface area contributed by atoms with Gasteiger partial charge < -0.3 is 15.2 Å². The minimum absolute atomic E-state index is 0.242. The first-order chi connectivity index (χ1) is 9.70. The van der Waals surface area contributed by atoms with E-state index < -0.39 is 0 Å². The third kappa shape index (κ3) is 3.68. The summed E-state index contributed by atoms with van der Waals surface area (Å²) in [6.07, 6.45) is 0.934. The number of hydrogen-bond acceptors (Lipinski definition) is 4. The van der Waals surface area contributed by atoms with Crippen LogP contribution in [0.4, 0.5) is 0 Å². The van der Waals surface area contributed by atoms with Crippen molar-refractivity contribution in [2.24, 2.45) is 5.73 Å². The number of rotatable bonds is 6. The SMILES string of the molecule is CCCOc1ccccc1Oc1cccc(C(N)=S)n1. The molecule has 0 aliphatic heterocycles. The third-order valence-electron chi connectivity index (χ3n) is 2.50. The largest absolute Gasteiger partial charge is 0.490 e. The van der Waals surface area contributed by atoms with Gasteiger partial charge in [0.2, 0.25) is 5.88 Å². The second-order valence-electron chi connectivity index (χ2n) is 4.12. The van der Waals surface area contributed by atoms with Gasteiger partial charge in [-0.2, -0.15) is 0 Å². The van der Waals surface area contributed by atoms with Crippen molar-refractivity contribution in [3.8, 4) is 17.4 Å². The van der Waals surface area contributed by atoms with Crippen molar-refractivity contribution >= 4 is 17.2 Å². The summed E-state index contributed by atoms with van der Waals surface area (Å²) in [4.78, 5) is 4.49. The van der Waals surface area contributed by atoms with E-state index in [9.17, 15) is 0 Å². The number of aromatic nitrogens is 1. The molecule has 0 saturated carbocycles. The van der Waals surface area contributed by atoms with E-state index in [1.165, 1.54) is 0 Å². The molecule has 1 aromatic heterocycles. The molecule has 1 aromatic carbocycles. The molecule has 0 amide bonds. The van der Waals surface area contributed by atoms with Gasteiger partial charge in [0.15, 0.2) is 11.5 Å². The molecule has 0 spiro atoms. The Labute approximate surface area is 123 Å². The fourth-order valence-corrected chi connectivity index (χ4v) is 1.70. The van der Waals surface area contributed by atoms with Gasteiger partial charge in [0.1, 0.15) is 10.7 Å². The zero-order valence-electron chi connectivity index (χ0n) is 11.2. The van der Waals surface area contributed by atoms with E-state index in [0.29, 0.717) is 29.7 Å². The molecule has 5 heteroatoms. The lowest BCUT2D eigenvalue weighted by Gasteiger charge is -2.11. The number of thiocarbonyl (C=S) groups is 1. The zero-order chi connectivity index (χ0) is 14.4. The Morgan fingerprint density at radius 3 is 2.60 bits per heavy atom. The Morgan fingerprint density at radius 2 is 1.90 bits per heavy atom. The minimum atomic E-state index is 0.242. The Balaban J connectivity index is 2.21. The summed E-state index contributed by atoms with van der Waals surface area (Å²) < 4.78 is 11.4. The highest BCUT2D eigenvalue weighted by Gasteiger charge is 2.07. The molecular weight excluding hydrogens is 272 g/mol. The maximum atomic E-state index is 5.75. The molecule has 1 heterocycles. The van der Waals surface area contributed by atoms with Crippen molar-refractivity contribution in [2.45, 2.75) is 13.3 Å². The van der Waals surface area contributed by atoms with E-state index in [1.54, 1.807) is 18.2 Å². The van der Waals surface area contributed by atoms with Crippen LogP contribution in [0.5, 0.6) is 17.4 Å². The zero-order valence-corrected chi connectivity index (χ0v) is 12.0. The fourth-order valence-electron chi connectivity index (χ4n) is 1.59. The number of para-hydroxylation sites is 2. The first kappa shape index (κ1) is 14.3. The third-order valence-corrected chi connectivity index (χ3v) is 2.71. The van der Waals surface area contributed by atoms with Crippen LogP contribution < -0.4 is 15.2 Å². The molecule has 0 aliphatic rings. The summed E-state index contributed by atoms with van der Waals surface area (Å²) in [5.74, 6) is 1.74. The lowest BCUT2D eigenvalue weighted by molar-refractivity contribution is 0.301. The van der Waals surface area contributed by atoms with E-state index >= 15 is 0 Å². The van der Waals surface area contributed by atoms with Gasteiger partial charge >= 0.3 is 0 Å². The van der Waals surface area contributed by atoms with Crippen LogP contribution >= 0.6 is 12.2 Å². The van der Waals surface area contributed by atoms with Crippen LogP contribution in [0.2, 0.25) is 0 Å². The molecular formula is C15H16N2O2S. The number of nitrogens with zero attached hydrogens (tertiary/aromatic N) is 1. The molecule has 4 nitrogen and oxygen atoms in total. The number of pyridine rings is 1. The average molecular weight is 288 g/mol. The highest BCUT2D eigenvalue weighted by Crippen LogP contribution is 2.30. The van der Waals surface area contributed by atoms with Gasteiger partial charge in [0.05, 0.1) is 6.61 Å². The van der Waals surface area contributed by atoms with Crippen LogP contribution in [0.15, 0.2) is 42.5 Å². The minimum Gasteiger partial charge on any atom is -0.490 e. The summed E-state index contributed by atoms with van der Waals surface area (Å²) in [6.45, 7) is 2.69. The van der Waals surface area contributed by atoms with Crippen LogP contribution in [0, 0.1) is 0 Å². The van der Waals surface area contributed by atoms with Gasteiger partial charge in [-0.1, -0.05) is 37.3 Å². The molecule has 0 saturated heterocycles. The maximum Gasteiger partial charge on any atom is 0.220 e. The molecule has 0 fully saturated rings. The van der Waals surface area contributed by atoms with Gasteiger partial charge in [-0.05, 0) is 24.6 Å².